The van der Waals surface area contributed by atoms with Crippen molar-refractivity contribution in [3.05, 3.63) is 60.8 Å². The van der Waals surface area contributed by atoms with Crippen LogP contribution in [0.3, 0.4) is 0 Å². The summed E-state index contributed by atoms with van der Waals surface area (Å²) in [5.74, 6) is -1.44. The molecule has 3 unspecified atom stereocenters. The lowest BCUT2D eigenvalue weighted by molar-refractivity contribution is -0.220. The van der Waals surface area contributed by atoms with E-state index in [0.29, 0.717) is 12.8 Å². The number of hydrogen-bond acceptors (Lipinski definition) is 15. The van der Waals surface area contributed by atoms with Crippen molar-refractivity contribution in [2.75, 3.05) is 13.2 Å². The van der Waals surface area contributed by atoms with Gasteiger partial charge in [0.15, 0.2) is 6.10 Å². The van der Waals surface area contributed by atoms with Crippen LogP contribution in [0, 0.1) is 0 Å². The summed E-state index contributed by atoms with van der Waals surface area (Å²) >= 11 is 0. The molecule has 9 N–H and O–H groups in total. The van der Waals surface area contributed by atoms with E-state index in [1.807, 2.05) is 0 Å². The first kappa shape index (κ1) is 59.4. The standard InChI is InChI=1S/C47H81O16P/c1-3-5-7-8-9-10-11-12-13-14-15-16-17-22-26-32-40(51)60-34-37(35-61-64(58,59)63-47-45(56)43(54)42(53)44(55)46(47)57)62-41(52)33-27-31-39(50)38(49)30-25-21-19-18-20-24-29-36(48)28-23-6-4-2/h12-13,18-21,24-25,29-30,36-39,42-50,53-57H,3-11,14-17,22-23,26-28,31-35H2,1-2H3,(H,58,59)/b13-12-,20-18-,21-19+,29-24+,30-25+/t36-,37+,38-,39-,42?,43-,44+,45+,46+,47?/m0/s1. The molecule has 0 radical (unpaired) electrons. The van der Waals surface area contributed by atoms with E-state index < -0.39 is 94.0 Å². The number of phosphoric ester groups is 1. The van der Waals surface area contributed by atoms with Gasteiger partial charge in [0.1, 0.15) is 43.2 Å². The molecule has 0 amide bonds. The molecule has 64 heavy (non-hydrogen) atoms. The number of phosphoric acid groups is 1. The second-order valence-corrected chi connectivity index (χ2v) is 17.9. The number of rotatable bonds is 37. The van der Waals surface area contributed by atoms with Gasteiger partial charge in [-0.1, -0.05) is 145 Å². The minimum Gasteiger partial charge on any atom is -0.462 e. The molecule has 16 nitrogen and oxygen atoms in total. The van der Waals surface area contributed by atoms with Crippen molar-refractivity contribution in [1.82, 2.24) is 0 Å². The van der Waals surface area contributed by atoms with Crippen LogP contribution < -0.4 is 0 Å². The molecule has 0 spiro atoms. The third-order valence-electron chi connectivity index (χ3n) is 10.7. The summed E-state index contributed by atoms with van der Waals surface area (Å²) in [6, 6.07) is 0. The first-order chi connectivity index (χ1) is 30.6. The molecule has 11 atom stereocenters. The highest BCUT2D eigenvalue weighted by Gasteiger charge is 2.51. The number of carbonyl (C=O) groups is 2. The number of allylic oxidation sites excluding steroid dienone is 8. The first-order valence-corrected chi connectivity index (χ1v) is 24.9. The monoisotopic (exact) mass is 933 g/mol. The van der Waals surface area contributed by atoms with Crippen molar-refractivity contribution in [2.45, 2.75) is 210 Å². The Morgan fingerprint density at radius 1 is 0.578 bits per heavy atom. The van der Waals surface area contributed by atoms with Crippen molar-refractivity contribution in [3.63, 3.8) is 0 Å². The van der Waals surface area contributed by atoms with Gasteiger partial charge in [0, 0.05) is 12.8 Å². The van der Waals surface area contributed by atoms with E-state index in [-0.39, 0.29) is 25.7 Å². The van der Waals surface area contributed by atoms with E-state index in [0.717, 1.165) is 57.8 Å². The zero-order valence-electron chi connectivity index (χ0n) is 38.1. The van der Waals surface area contributed by atoms with Crippen LogP contribution in [-0.4, -0.2) is 132 Å². The van der Waals surface area contributed by atoms with Gasteiger partial charge in [-0.2, -0.15) is 0 Å². The average Bonchev–Trinajstić information content (AvgIpc) is 3.26. The molecule has 0 bridgehead atoms. The van der Waals surface area contributed by atoms with Crippen LogP contribution in [0.15, 0.2) is 60.8 Å². The van der Waals surface area contributed by atoms with E-state index in [4.69, 9.17) is 18.5 Å². The van der Waals surface area contributed by atoms with Crippen LogP contribution in [0.1, 0.15) is 149 Å². The van der Waals surface area contributed by atoms with Crippen molar-refractivity contribution in [3.8, 4) is 0 Å². The van der Waals surface area contributed by atoms with Gasteiger partial charge < -0.3 is 55.2 Å². The highest BCUT2D eigenvalue weighted by molar-refractivity contribution is 7.47. The smallest absolute Gasteiger partial charge is 0.462 e. The lowest BCUT2D eigenvalue weighted by atomic mass is 9.85. The molecule has 0 aliphatic heterocycles. The van der Waals surface area contributed by atoms with Gasteiger partial charge in [0.2, 0.25) is 0 Å². The summed E-state index contributed by atoms with van der Waals surface area (Å²) in [7, 11) is -5.22. The predicted octanol–water partition coefficient (Wildman–Crippen LogP) is 5.86. The number of ether oxygens (including phenoxy) is 2. The van der Waals surface area contributed by atoms with Crippen molar-refractivity contribution < 1.29 is 78.4 Å². The molecule has 0 aromatic rings. The zero-order chi connectivity index (χ0) is 47.6. The fourth-order valence-corrected chi connectivity index (χ4v) is 7.70. The van der Waals surface area contributed by atoms with Gasteiger partial charge in [-0.05, 0) is 51.4 Å². The molecule has 0 saturated heterocycles. The first-order valence-electron chi connectivity index (χ1n) is 23.4. The summed E-state index contributed by atoms with van der Waals surface area (Å²) in [5, 5.41) is 80.8. The van der Waals surface area contributed by atoms with Crippen LogP contribution in [0.4, 0.5) is 0 Å². The third-order valence-corrected chi connectivity index (χ3v) is 11.7. The van der Waals surface area contributed by atoms with Gasteiger partial charge in [0.25, 0.3) is 0 Å². The Kier molecular flexibility index (Phi) is 33.9. The molecule has 17 heteroatoms. The molecule has 0 aromatic carbocycles. The molecule has 370 valence electrons. The molecule has 1 aliphatic rings. The quantitative estimate of drug-likeness (QED) is 0.0116. The Labute approximate surface area is 381 Å². The Morgan fingerprint density at radius 2 is 1.08 bits per heavy atom. The Bertz CT molecular complexity index is 1400. The number of hydrogen-bond donors (Lipinski definition) is 9. The fraction of sp³-hybridized carbons (Fsp3) is 0.745. The predicted molar refractivity (Wildman–Crippen MR) is 244 cm³/mol. The summed E-state index contributed by atoms with van der Waals surface area (Å²) in [6.07, 6.45) is 19.0. The lowest BCUT2D eigenvalue weighted by Crippen LogP contribution is -2.64. The van der Waals surface area contributed by atoms with Crippen LogP contribution >= 0.6 is 7.82 Å². The SMILES string of the molecule is CCCCCCCC/C=C\CCCCCCCC(=O)OC[C@H](COP(=O)(O)OC1[C@H](O)[C@H](O)C(O)[C@H](O)[C@H]1O)OC(=O)CCC[C@H](O)[C@@H](O)/C=C/C=C/C=C\C=C\[C@@H](O)CCCCC. The minimum absolute atomic E-state index is 0.000167. The van der Waals surface area contributed by atoms with Crippen LogP contribution in [0.5, 0.6) is 0 Å². The molecule has 1 fully saturated rings. The summed E-state index contributed by atoms with van der Waals surface area (Å²) in [6.45, 7) is 2.89. The molecular formula is C47H81O16P. The molecule has 1 rings (SSSR count). The second-order valence-electron chi connectivity index (χ2n) is 16.5. The second kappa shape index (κ2) is 36.5. The van der Waals surface area contributed by atoms with Crippen LogP contribution in [0.25, 0.3) is 0 Å². The molecule has 1 aliphatic carbocycles. The highest BCUT2D eigenvalue weighted by atomic mass is 31.2. The van der Waals surface area contributed by atoms with Crippen molar-refractivity contribution in [1.29, 1.82) is 0 Å². The zero-order valence-corrected chi connectivity index (χ0v) is 39.0. The third kappa shape index (κ3) is 28.5. The largest absolute Gasteiger partial charge is 0.472 e. The summed E-state index contributed by atoms with van der Waals surface area (Å²) < 4.78 is 33.3. The van der Waals surface area contributed by atoms with Gasteiger partial charge in [0.05, 0.1) is 24.9 Å². The van der Waals surface area contributed by atoms with Gasteiger partial charge >= 0.3 is 19.8 Å². The van der Waals surface area contributed by atoms with Crippen molar-refractivity contribution in [2.24, 2.45) is 0 Å². The number of aliphatic hydroxyl groups is 8. The maximum atomic E-state index is 12.8. The van der Waals surface area contributed by atoms with Crippen LogP contribution in [0.2, 0.25) is 0 Å². The Morgan fingerprint density at radius 3 is 1.69 bits per heavy atom. The van der Waals surface area contributed by atoms with Crippen LogP contribution in [-0.2, 0) is 32.7 Å². The van der Waals surface area contributed by atoms with Gasteiger partial charge in [-0.25, -0.2) is 4.57 Å². The molecular weight excluding hydrogens is 851 g/mol. The fourth-order valence-electron chi connectivity index (χ4n) is 6.72. The molecule has 1 saturated carbocycles. The summed E-state index contributed by atoms with van der Waals surface area (Å²) in [5.41, 5.74) is 0. The number of unbranched alkanes of at least 4 members (excludes halogenated alkanes) is 13. The maximum absolute atomic E-state index is 12.8. The van der Waals surface area contributed by atoms with E-state index in [9.17, 15) is 59.9 Å². The highest BCUT2D eigenvalue weighted by Crippen LogP contribution is 2.47. The Hall–Kier alpha value is -2.57. The lowest BCUT2D eigenvalue weighted by Gasteiger charge is -2.41. The number of carbonyl (C=O) groups excluding carboxylic acids is 2. The summed E-state index contributed by atoms with van der Waals surface area (Å²) in [4.78, 5) is 35.7. The van der Waals surface area contributed by atoms with E-state index in [2.05, 4.69) is 26.0 Å². The maximum Gasteiger partial charge on any atom is 0.472 e. The number of aliphatic hydroxyl groups excluding tert-OH is 8. The van der Waals surface area contributed by atoms with E-state index >= 15 is 0 Å². The Balaban J connectivity index is 2.63. The minimum atomic E-state index is -5.22. The number of esters is 2. The molecule has 0 aromatic heterocycles. The normalized spacial score (nSPS) is 23.6. The van der Waals surface area contributed by atoms with E-state index in [1.165, 1.54) is 44.6 Å². The van der Waals surface area contributed by atoms with E-state index in [1.54, 1.807) is 42.5 Å². The topological polar surface area (TPSA) is 270 Å². The average molecular weight is 933 g/mol. The van der Waals surface area contributed by atoms with Gasteiger partial charge in [-0.15, -0.1) is 0 Å². The molecule has 0 heterocycles. The van der Waals surface area contributed by atoms with Gasteiger partial charge in [-0.3, -0.25) is 18.6 Å². The van der Waals surface area contributed by atoms with Crippen molar-refractivity contribution >= 4 is 19.8 Å².